The summed E-state index contributed by atoms with van der Waals surface area (Å²) < 4.78 is 13.3. The Hall–Kier alpha value is -2.13. The van der Waals surface area contributed by atoms with Crippen molar-refractivity contribution in [1.82, 2.24) is 20.1 Å². The highest BCUT2D eigenvalue weighted by molar-refractivity contribution is 6.76. The number of pyridine rings is 1. The average Bonchev–Trinajstić information content (AvgIpc) is 3.05. The number of carbonyl (C=O) groups is 1. The molecule has 33 heavy (non-hydrogen) atoms. The molecule has 0 aromatic carbocycles. The van der Waals surface area contributed by atoms with Crippen LogP contribution in [0.5, 0.6) is 0 Å². The lowest BCUT2D eigenvalue weighted by Crippen LogP contribution is -2.54. The van der Waals surface area contributed by atoms with Crippen LogP contribution in [-0.2, 0) is 16.2 Å². The molecule has 0 radical (unpaired) electrons. The zero-order valence-corrected chi connectivity index (χ0v) is 22.6. The average molecular weight is 476 g/mol. The molecule has 1 fully saturated rings. The molecule has 2 aromatic rings. The second-order valence-electron chi connectivity index (χ2n) is 11.7. The summed E-state index contributed by atoms with van der Waals surface area (Å²) in [6, 6.07) is 3.22. The predicted molar refractivity (Wildman–Crippen MR) is 136 cm³/mol. The SMILES string of the molecule is Cc1cc2c(cnn2COCC[Si](C)(C)C)c(N2CCC(C)(NC(=O)OC(C)(C)C)CC2)n1. The summed E-state index contributed by atoms with van der Waals surface area (Å²) in [5.74, 6) is 0.956. The predicted octanol–water partition coefficient (Wildman–Crippen LogP) is 4.94. The fourth-order valence-electron chi connectivity index (χ4n) is 3.94. The second-order valence-corrected chi connectivity index (χ2v) is 17.3. The van der Waals surface area contributed by atoms with Gasteiger partial charge in [-0.25, -0.2) is 14.5 Å². The van der Waals surface area contributed by atoms with E-state index in [1.54, 1.807) is 0 Å². The first-order valence-electron chi connectivity index (χ1n) is 11.9. The zero-order valence-electron chi connectivity index (χ0n) is 21.6. The molecule has 184 valence electrons. The molecule has 0 aliphatic carbocycles. The van der Waals surface area contributed by atoms with Crippen LogP contribution in [-0.4, -0.2) is 59.8 Å². The van der Waals surface area contributed by atoms with Crippen molar-refractivity contribution in [2.24, 2.45) is 0 Å². The molecule has 3 heterocycles. The summed E-state index contributed by atoms with van der Waals surface area (Å²) in [5.41, 5.74) is 1.21. The third-order valence-electron chi connectivity index (χ3n) is 5.93. The number of hydrogen-bond donors (Lipinski definition) is 1. The van der Waals surface area contributed by atoms with E-state index in [1.807, 2.05) is 38.6 Å². The van der Waals surface area contributed by atoms with E-state index < -0.39 is 13.7 Å². The summed E-state index contributed by atoms with van der Waals surface area (Å²) in [6.45, 7) is 19.6. The minimum absolute atomic E-state index is 0.295. The molecule has 0 saturated carbocycles. The molecular formula is C24H41N5O3Si. The standard InChI is InChI=1S/C24H41N5O3Si/c1-18-15-20-19(16-25-29(20)17-31-13-14-33(6,7)8)21(26-18)28-11-9-24(5,10-12-28)27-22(30)32-23(2,3)4/h15-16H,9-14,17H2,1-8H3,(H,27,30). The number of ether oxygens (including phenoxy) is 2. The molecule has 3 rings (SSSR count). The van der Waals surface area contributed by atoms with Crippen LogP contribution in [0.2, 0.25) is 25.7 Å². The van der Waals surface area contributed by atoms with Crippen molar-refractivity contribution in [2.45, 2.75) is 91.0 Å². The topological polar surface area (TPSA) is 81.5 Å². The summed E-state index contributed by atoms with van der Waals surface area (Å²) in [6.07, 6.45) is 3.17. The highest BCUT2D eigenvalue weighted by atomic mass is 28.3. The van der Waals surface area contributed by atoms with Crippen molar-refractivity contribution in [1.29, 1.82) is 0 Å². The summed E-state index contributed by atoms with van der Waals surface area (Å²) in [4.78, 5) is 19.4. The maximum atomic E-state index is 12.3. The van der Waals surface area contributed by atoms with Crippen LogP contribution in [0.15, 0.2) is 12.3 Å². The van der Waals surface area contributed by atoms with E-state index in [1.165, 1.54) is 0 Å². The smallest absolute Gasteiger partial charge is 0.408 e. The molecule has 1 aliphatic rings. The van der Waals surface area contributed by atoms with Gasteiger partial charge in [0.1, 0.15) is 18.1 Å². The molecule has 1 aliphatic heterocycles. The Kier molecular flexibility index (Phi) is 7.43. The number of anilines is 1. The quantitative estimate of drug-likeness (QED) is 0.451. The third kappa shape index (κ3) is 7.17. The van der Waals surface area contributed by atoms with Gasteiger partial charge in [-0.05, 0) is 59.6 Å². The van der Waals surface area contributed by atoms with E-state index in [0.29, 0.717) is 6.73 Å². The van der Waals surface area contributed by atoms with Crippen molar-refractivity contribution >= 4 is 30.9 Å². The number of alkyl carbamates (subject to hydrolysis) is 1. The lowest BCUT2D eigenvalue weighted by Gasteiger charge is -2.40. The fourth-order valence-corrected chi connectivity index (χ4v) is 4.69. The first-order chi connectivity index (χ1) is 15.2. The lowest BCUT2D eigenvalue weighted by atomic mass is 9.89. The summed E-state index contributed by atoms with van der Waals surface area (Å²) in [5, 5.41) is 8.71. The summed E-state index contributed by atoms with van der Waals surface area (Å²) in [7, 11) is -1.11. The zero-order chi connectivity index (χ0) is 24.4. The van der Waals surface area contributed by atoms with Gasteiger partial charge < -0.3 is 19.7 Å². The highest BCUT2D eigenvalue weighted by Gasteiger charge is 2.34. The maximum absolute atomic E-state index is 12.3. The largest absolute Gasteiger partial charge is 0.444 e. The number of nitrogens with one attached hydrogen (secondary N) is 1. The van der Waals surface area contributed by atoms with Gasteiger partial charge in [-0.2, -0.15) is 5.10 Å². The van der Waals surface area contributed by atoms with Crippen molar-refractivity contribution in [2.75, 3.05) is 24.6 Å². The van der Waals surface area contributed by atoms with Gasteiger partial charge in [-0.15, -0.1) is 0 Å². The van der Waals surface area contributed by atoms with Gasteiger partial charge in [0.25, 0.3) is 0 Å². The van der Waals surface area contributed by atoms with Crippen LogP contribution >= 0.6 is 0 Å². The first kappa shape index (κ1) is 25.5. The van der Waals surface area contributed by atoms with Gasteiger partial charge >= 0.3 is 6.09 Å². The number of carbonyl (C=O) groups excluding carboxylic acids is 1. The monoisotopic (exact) mass is 475 g/mol. The van der Waals surface area contributed by atoms with Gasteiger partial charge in [0.05, 0.1) is 17.1 Å². The minimum atomic E-state index is -1.11. The number of piperidine rings is 1. The van der Waals surface area contributed by atoms with Crippen LogP contribution in [0.25, 0.3) is 10.9 Å². The van der Waals surface area contributed by atoms with E-state index in [9.17, 15) is 4.79 Å². The molecule has 2 aromatic heterocycles. The molecule has 1 N–H and O–H groups in total. The molecule has 0 bridgehead atoms. The van der Waals surface area contributed by atoms with Crippen molar-refractivity contribution in [3.05, 3.63) is 18.0 Å². The number of amides is 1. The van der Waals surface area contributed by atoms with E-state index >= 15 is 0 Å². The first-order valence-corrected chi connectivity index (χ1v) is 15.6. The molecule has 0 atom stereocenters. The van der Waals surface area contributed by atoms with Crippen molar-refractivity contribution in [3.63, 3.8) is 0 Å². The third-order valence-corrected chi connectivity index (χ3v) is 7.63. The number of nitrogens with zero attached hydrogens (tertiary/aromatic N) is 4. The number of fused-ring (bicyclic) bond motifs is 1. The van der Waals surface area contributed by atoms with Gasteiger partial charge in [0.15, 0.2) is 0 Å². The number of aryl methyl sites for hydroxylation is 1. The van der Waals surface area contributed by atoms with Crippen LogP contribution in [0.1, 0.15) is 46.2 Å². The Bertz CT molecular complexity index is 969. The maximum Gasteiger partial charge on any atom is 0.408 e. The van der Waals surface area contributed by atoms with Crippen LogP contribution in [0, 0.1) is 6.92 Å². The Morgan fingerprint density at radius 1 is 1.24 bits per heavy atom. The molecule has 9 heteroatoms. The summed E-state index contributed by atoms with van der Waals surface area (Å²) >= 11 is 0. The molecule has 0 unspecified atom stereocenters. The van der Waals surface area contributed by atoms with Crippen LogP contribution in [0.4, 0.5) is 10.6 Å². The highest BCUT2D eigenvalue weighted by Crippen LogP contribution is 2.31. The van der Waals surface area contributed by atoms with E-state index in [0.717, 1.165) is 61.0 Å². The van der Waals surface area contributed by atoms with Gasteiger partial charge in [0.2, 0.25) is 0 Å². The van der Waals surface area contributed by atoms with Crippen LogP contribution < -0.4 is 10.2 Å². The van der Waals surface area contributed by atoms with Gasteiger partial charge in [0, 0.05) is 39.0 Å². The van der Waals surface area contributed by atoms with E-state index in [2.05, 4.69) is 47.9 Å². The van der Waals surface area contributed by atoms with Gasteiger partial charge in [-0.1, -0.05) is 19.6 Å². The Balaban J connectivity index is 1.67. The molecular weight excluding hydrogens is 434 g/mol. The number of hydrogen-bond acceptors (Lipinski definition) is 6. The number of aromatic nitrogens is 3. The van der Waals surface area contributed by atoms with E-state index in [4.69, 9.17) is 14.5 Å². The normalized spacial score (nSPS) is 16.8. The number of rotatable bonds is 7. The minimum Gasteiger partial charge on any atom is -0.444 e. The van der Waals surface area contributed by atoms with Crippen molar-refractivity contribution < 1.29 is 14.3 Å². The van der Waals surface area contributed by atoms with E-state index in [-0.39, 0.29) is 11.6 Å². The van der Waals surface area contributed by atoms with Crippen molar-refractivity contribution in [3.8, 4) is 0 Å². The van der Waals surface area contributed by atoms with Gasteiger partial charge in [-0.3, -0.25) is 0 Å². The Morgan fingerprint density at radius 2 is 1.91 bits per heavy atom. The molecule has 8 nitrogen and oxygen atoms in total. The Morgan fingerprint density at radius 3 is 2.52 bits per heavy atom. The fraction of sp³-hybridized carbons (Fsp3) is 0.708. The molecule has 0 spiro atoms. The lowest BCUT2D eigenvalue weighted by molar-refractivity contribution is 0.0448. The molecule has 1 amide bonds. The second kappa shape index (κ2) is 9.62. The molecule has 1 saturated heterocycles. The van der Waals surface area contributed by atoms with Crippen LogP contribution in [0.3, 0.4) is 0 Å². The Labute approximate surface area is 199 Å².